The molecular formula is C17H19NO. The van der Waals surface area contributed by atoms with Crippen molar-refractivity contribution in [3.8, 4) is 16.9 Å². The maximum atomic E-state index is 5.81. The standard InChI is InChI=1S/C17H19NO/c1-11-4-5-12(2)15(8-11)14-6-7-17-16(9-14)18-10-13(3)19-17/h4-9,13,18H,10H2,1-3H3. The number of hydrogen-bond donors (Lipinski definition) is 1. The highest BCUT2D eigenvalue weighted by atomic mass is 16.5. The van der Waals surface area contributed by atoms with Crippen molar-refractivity contribution in [3.63, 3.8) is 0 Å². The largest absolute Gasteiger partial charge is 0.487 e. The van der Waals surface area contributed by atoms with Crippen LogP contribution in [0.25, 0.3) is 11.1 Å². The van der Waals surface area contributed by atoms with Gasteiger partial charge in [-0.1, -0.05) is 29.8 Å². The second-order valence-corrected chi connectivity index (χ2v) is 5.34. The van der Waals surface area contributed by atoms with Crippen molar-refractivity contribution in [1.82, 2.24) is 0 Å². The normalized spacial score (nSPS) is 17.3. The molecular weight excluding hydrogens is 234 g/mol. The van der Waals surface area contributed by atoms with E-state index in [1.54, 1.807) is 0 Å². The SMILES string of the molecule is Cc1ccc(C)c(-c2ccc3c(c2)NCC(C)O3)c1. The quantitative estimate of drug-likeness (QED) is 0.823. The number of anilines is 1. The molecule has 0 saturated heterocycles. The molecule has 1 aliphatic heterocycles. The number of hydrogen-bond acceptors (Lipinski definition) is 2. The van der Waals surface area contributed by atoms with Gasteiger partial charge in [-0.05, 0) is 49.6 Å². The molecule has 98 valence electrons. The number of nitrogens with one attached hydrogen (secondary N) is 1. The molecule has 0 fully saturated rings. The lowest BCUT2D eigenvalue weighted by atomic mass is 9.97. The second-order valence-electron chi connectivity index (χ2n) is 5.34. The first-order valence-electron chi connectivity index (χ1n) is 6.76. The summed E-state index contributed by atoms with van der Waals surface area (Å²) in [4.78, 5) is 0. The highest BCUT2D eigenvalue weighted by Gasteiger charge is 2.16. The summed E-state index contributed by atoms with van der Waals surface area (Å²) in [6.07, 6.45) is 0.235. The van der Waals surface area contributed by atoms with Crippen molar-refractivity contribution in [2.24, 2.45) is 0 Å². The highest BCUT2D eigenvalue weighted by molar-refractivity contribution is 5.74. The van der Waals surface area contributed by atoms with E-state index < -0.39 is 0 Å². The molecule has 0 spiro atoms. The van der Waals surface area contributed by atoms with Crippen molar-refractivity contribution < 1.29 is 4.74 Å². The Bertz CT molecular complexity index is 619. The van der Waals surface area contributed by atoms with E-state index in [9.17, 15) is 0 Å². The summed E-state index contributed by atoms with van der Waals surface area (Å²) in [6, 6.07) is 13.0. The van der Waals surface area contributed by atoms with Gasteiger partial charge in [-0.3, -0.25) is 0 Å². The lowest BCUT2D eigenvalue weighted by molar-refractivity contribution is 0.226. The van der Waals surface area contributed by atoms with E-state index in [1.807, 2.05) is 0 Å². The molecule has 2 aromatic carbocycles. The average Bonchev–Trinajstić information content (AvgIpc) is 2.41. The van der Waals surface area contributed by atoms with Crippen LogP contribution in [0.1, 0.15) is 18.1 Å². The van der Waals surface area contributed by atoms with Crippen molar-refractivity contribution in [2.75, 3.05) is 11.9 Å². The molecule has 2 heteroatoms. The van der Waals surface area contributed by atoms with Gasteiger partial charge >= 0.3 is 0 Å². The predicted molar refractivity (Wildman–Crippen MR) is 79.9 cm³/mol. The maximum Gasteiger partial charge on any atom is 0.142 e. The lowest BCUT2D eigenvalue weighted by Crippen LogP contribution is -2.27. The summed E-state index contributed by atoms with van der Waals surface area (Å²) < 4.78 is 5.81. The Hall–Kier alpha value is -1.96. The summed E-state index contributed by atoms with van der Waals surface area (Å²) in [7, 11) is 0. The fraction of sp³-hybridized carbons (Fsp3) is 0.294. The van der Waals surface area contributed by atoms with Gasteiger partial charge in [0.1, 0.15) is 11.9 Å². The third kappa shape index (κ3) is 2.30. The van der Waals surface area contributed by atoms with Crippen LogP contribution >= 0.6 is 0 Å². The third-order valence-corrected chi connectivity index (χ3v) is 3.59. The van der Waals surface area contributed by atoms with Crippen LogP contribution in [-0.2, 0) is 0 Å². The molecule has 3 rings (SSSR count). The number of rotatable bonds is 1. The van der Waals surface area contributed by atoms with Crippen LogP contribution in [0.4, 0.5) is 5.69 Å². The molecule has 0 aliphatic carbocycles. The summed E-state index contributed by atoms with van der Waals surface area (Å²) >= 11 is 0. The predicted octanol–water partition coefficient (Wildman–Crippen LogP) is 4.16. The van der Waals surface area contributed by atoms with Crippen LogP contribution in [0, 0.1) is 13.8 Å². The molecule has 0 radical (unpaired) electrons. The first-order valence-corrected chi connectivity index (χ1v) is 6.76. The molecule has 0 aromatic heterocycles. The van der Waals surface area contributed by atoms with Crippen LogP contribution < -0.4 is 10.1 Å². The van der Waals surface area contributed by atoms with Gasteiger partial charge in [0.2, 0.25) is 0 Å². The van der Waals surface area contributed by atoms with Gasteiger partial charge in [0.15, 0.2) is 0 Å². The van der Waals surface area contributed by atoms with E-state index in [4.69, 9.17) is 4.74 Å². The molecule has 1 heterocycles. The number of fused-ring (bicyclic) bond motifs is 1. The zero-order chi connectivity index (χ0) is 13.4. The number of benzene rings is 2. The Kier molecular flexibility index (Phi) is 2.94. The minimum atomic E-state index is 0.235. The highest BCUT2D eigenvalue weighted by Crippen LogP contribution is 2.34. The monoisotopic (exact) mass is 253 g/mol. The topological polar surface area (TPSA) is 21.3 Å². The fourth-order valence-corrected chi connectivity index (χ4v) is 2.50. The fourth-order valence-electron chi connectivity index (χ4n) is 2.50. The molecule has 0 bridgehead atoms. The molecule has 0 amide bonds. The van der Waals surface area contributed by atoms with E-state index in [2.05, 4.69) is 62.5 Å². The Balaban J connectivity index is 2.05. The third-order valence-electron chi connectivity index (χ3n) is 3.59. The van der Waals surface area contributed by atoms with Crippen LogP contribution in [0.2, 0.25) is 0 Å². The van der Waals surface area contributed by atoms with Crippen LogP contribution in [0.3, 0.4) is 0 Å². The molecule has 2 aromatic rings. The lowest BCUT2D eigenvalue weighted by Gasteiger charge is -2.25. The molecule has 0 saturated carbocycles. The second kappa shape index (κ2) is 4.61. The first-order chi connectivity index (χ1) is 9.13. The average molecular weight is 253 g/mol. The van der Waals surface area contributed by atoms with Crippen LogP contribution in [0.15, 0.2) is 36.4 Å². The van der Waals surface area contributed by atoms with E-state index in [0.717, 1.165) is 18.0 Å². The van der Waals surface area contributed by atoms with Gasteiger partial charge in [-0.15, -0.1) is 0 Å². The minimum absolute atomic E-state index is 0.235. The zero-order valence-electron chi connectivity index (χ0n) is 11.7. The molecule has 1 aliphatic rings. The summed E-state index contributed by atoms with van der Waals surface area (Å²) in [6.45, 7) is 7.22. The van der Waals surface area contributed by atoms with Gasteiger partial charge in [0.05, 0.1) is 12.2 Å². The van der Waals surface area contributed by atoms with Gasteiger partial charge in [-0.2, -0.15) is 0 Å². The van der Waals surface area contributed by atoms with Crippen molar-refractivity contribution >= 4 is 5.69 Å². The number of aryl methyl sites for hydroxylation is 2. The van der Waals surface area contributed by atoms with E-state index in [1.165, 1.54) is 22.3 Å². The molecule has 19 heavy (non-hydrogen) atoms. The number of ether oxygens (including phenoxy) is 1. The Morgan fingerprint density at radius 3 is 2.79 bits per heavy atom. The van der Waals surface area contributed by atoms with Crippen molar-refractivity contribution in [2.45, 2.75) is 26.9 Å². The Labute approximate surface area is 114 Å². The van der Waals surface area contributed by atoms with Gasteiger partial charge in [0, 0.05) is 0 Å². The molecule has 2 nitrogen and oxygen atoms in total. The first kappa shape index (κ1) is 12.1. The Morgan fingerprint density at radius 1 is 1.11 bits per heavy atom. The van der Waals surface area contributed by atoms with Crippen LogP contribution in [0.5, 0.6) is 5.75 Å². The zero-order valence-corrected chi connectivity index (χ0v) is 11.7. The Morgan fingerprint density at radius 2 is 1.95 bits per heavy atom. The van der Waals surface area contributed by atoms with Crippen molar-refractivity contribution in [1.29, 1.82) is 0 Å². The van der Waals surface area contributed by atoms with Crippen LogP contribution in [-0.4, -0.2) is 12.6 Å². The van der Waals surface area contributed by atoms with Gasteiger partial charge in [0.25, 0.3) is 0 Å². The smallest absolute Gasteiger partial charge is 0.142 e. The molecule has 1 N–H and O–H groups in total. The summed E-state index contributed by atoms with van der Waals surface area (Å²) in [5.41, 5.74) is 6.22. The molecule has 1 unspecified atom stereocenters. The minimum Gasteiger partial charge on any atom is -0.487 e. The van der Waals surface area contributed by atoms with E-state index >= 15 is 0 Å². The van der Waals surface area contributed by atoms with Crippen molar-refractivity contribution in [3.05, 3.63) is 47.5 Å². The van der Waals surface area contributed by atoms with Gasteiger partial charge < -0.3 is 10.1 Å². The van der Waals surface area contributed by atoms with Gasteiger partial charge in [-0.25, -0.2) is 0 Å². The summed E-state index contributed by atoms with van der Waals surface area (Å²) in [5, 5.41) is 3.43. The van der Waals surface area contributed by atoms with E-state index in [-0.39, 0.29) is 6.10 Å². The summed E-state index contributed by atoms with van der Waals surface area (Å²) in [5.74, 6) is 0.952. The van der Waals surface area contributed by atoms with E-state index in [0.29, 0.717) is 0 Å². The molecule has 1 atom stereocenters. The maximum absolute atomic E-state index is 5.81.